The zero-order valence-electron chi connectivity index (χ0n) is 9.51. The highest BCUT2D eigenvalue weighted by Gasteiger charge is 2.14. The molecule has 1 aromatic carbocycles. The molecule has 2 nitrogen and oxygen atoms in total. The molecule has 0 aliphatic carbocycles. The van der Waals surface area contributed by atoms with Gasteiger partial charge in [-0.05, 0) is 31.5 Å². The lowest BCUT2D eigenvalue weighted by Gasteiger charge is -2.23. The number of rotatable bonds is 5. The maximum Gasteiger partial charge on any atom is 0.0746 e. The van der Waals surface area contributed by atoms with Crippen molar-refractivity contribution in [1.29, 1.82) is 0 Å². The fourth-order valence-corrected chi connectivity index (χ4v) is 1.31. The van der Waals surface area contributed by atoms with Crippen LogP contribution in [0.3, 0.4) is 0 Å². The first-order valence-corrected chi connectivity index (χ1v) is 5.41. The van der Waals surface area contributed by atoms with Crippen LogP contribution in [0.2, 0.25) is 5.02 Å². The highest BCUT2D eigenvalue weighted by atomic mass is 35.5. The van der Waals surface area contributed by atoms with Gasteiger partial charge in [0.05, 0.1) is 5.60 Å². The average Bonchev–Trinajstić information content (AvgIpc) is 2.21. The molecule has 1 N–H and O–H groups in total. The van der Waals surface area contributed by atoms with Gasteiger partial charge in [0.15, 0.2) is 0 Å². The first-order chi connectivity index (χ1) is 7.03. The van der Waals surface area contributed by atoms with Crippen LogP contribution in [0.15, 0.2) is 24.3 Å². The van der Waals surface area contributed by atoms with Crippen molar-refractivity contribution < 1.29 is 4.74 Å². The van der Waals surface area contributed by atoms with E-state index in [1.54, 1.807) is 7.11 Å². The number of hydrogen-bond acceptors (Lipinski definition) is 2. The number of methoxy groups -OCH3 is 1. The van der Waals surface area contributed by atoms with Gasteiger partial charge in [-0.3, -0.25) is 0 Å². The number of hydrogen-bond donors (Lipinski definition) is 1. The fourth-order valence-electron chi connectivity index (χ4n) is 1.18. The molecule has 1 aromatic rings. The van der Waals surface area contributed by atoms with Crippen molar-refractivity contribution in [3.63, 3.8) is 0 Å². The van der Waals surface area contributed by atoms with E-state index in [-0.39, 0.29) is 5.60 Å². The van der Waals surface area contributed by atoms with Crippen LogP contribution in [0, 0.1) is 0 Å². The van der Waals surface area contributed by atoms with Gasteiger partial charge in [0.1, 0.15) is 0 Å². The second kappa shape index (κ2) is 5.50. The van der Waals surface area contributed by atoms with Crippen molar-refractivity contribution in [1.82, 2.24) is 5.32 Å². The number of halogens is 1. The van der Waals surface area contributed by atoms with E-state index in [1.807, 2.05) is 24.3 Å². The zero-order chi connectivity index (χ0) is 11.3. The predicted molar refractivity (Wildman–Crippen MR) is 64.2 cm³/mol. The van der Waals surface area contributed by atoms with Crippen molar-refractivity contribution in [3.8, 4) is 0 Å². The molecule has 0 heterocycles. The zero-order valence-corrected chi connectivity index (χ0v) is 10.3. The lowest BCUT2D eigenvalue weighted by atomic mass is 10.1. The summed E-state index contributed by atoms with van der Waals surface area (Å²) in [5.41, 5.74) is 1.11. The monoisotopic (exact) mass is 227 g/mol. The summed E-state index contributed by atoms with van der Waals surface area (Å²) in [5.74, 6) is 0. The van der Waals surface area contributed by atoms with E-state index >= 15 is 0 Å². The Balaban J connectivity index is 2.35. The third-order valence-corrected chi connectivity index (χ3v) is 2.60. The molecule has 1 rings (SSSR count). The molecule has 0 unspecified atom stereocenters. The summed E-state index contributed by atoms with van der Waals surface area (Å²) in [4.78, 5) is 0. The molecule has 0 bridgehead atoms. The molecule has 0 aliphatic rings. The third-order valence-electron chi connectivity index (χ3n) is 2.35. The van der Waals surface area contributed by atoms with Crippen molar-refractivity contribution in [2.24, 2.45) is 0 Å². The summed E-state index contributed by atoms with van der Waals surface area (Å²) in [5, 5.41) is 4.12. The quantitative estimate of drug-likeness (QED) is 0.835. The van der Waals surface area contributed by atoms with Crippen molar-refractivity contribution in [3.05, 3.63) is 34.9 Å². The van der Waals surface area contributed by atoms with Gasteiger partial charge < -0.3 is 10.1 Å². The Morgan fingerprint density at radius 3 is 2.40 bits per heavy atom. The highest BCUT2D eigenvalue weighted by molar-refractivity contribution is 6.30. The van der Waals surface area contributed by atoms with Crippen LogP contribution >= 0.6 is 11.6 Å². The molecular weight excluding hydrogens is 210 g/mol. The molecule has 84 valence electrons. The van der Waals surface area contributed by atoms with Gasteiger partial charge in [-0.1, -0.05) is 23.7 Å². The second-order valence-corrected chi connectivity index (χ2v) is 4.63. The molecule has 0 saturated heterocycles. The lowest BCUT2D eigenvalue weighted by Crippen LogP contribution is -2.36. The largest absolute Gasteiger partial charge is 0.377 e. The van der Waals surface area contributed by atoms with Crippen LogP contribution in [0.1, 0.15) is 19.4 Å². The Bertz CT molecular complexity index is 295. The lowest BCUT2D eigenvalue weighted by molar-refractivity contribution is 0.0231. The van der Waals surface area contributed by atoms with Gasteiger partial charge in [-0.15, -0.1) is 0 Å². The molecule has 0 atom stereocenters. The smallest absolute Gasteiger partial charge is 0.0746 e. The maximum atomic E-state index is 5.80. The fraction of sp³-hybridized carbons (Fsp3) is 0.500. The SMILES string of the molecule is COC(C)(C)CNCc1ccc(Cl)cc1. The summed E-state index contributed by atoms with van der Waals surface area (Å²) in [7, 11) is 1.73. The van der Waals surface area contributed by atoms with E-state index in [0.29, 0.717) is 0 Å². The van der Waals surface area contributed by atoms with Crippen LogP contribution in [-0.2, 0) is 11.3 Å². The minimum absolute atomic E-state index is 0.119. The van der Waals surface area contributed by atoms with Crippen molar-refractivity contribution in [2.75, 3.05) is 13.7 Å². The Morgan fingerprint density at radius 1 is 1.27 bits per heavy atom. The van der Waals surface area contributed by atoms with Crippen LogP contribution in [-0.4, -0.2) is 19.3 Å². The maximum absolute atomic E-state index is 5.80. The number of ether oxygens (including phenoxy) is 1. The molecule has 0 saturated carbocycles. The Kier molecular flexibility index (Phi) is 4.58. The van der Waals surface area contributed by atoms with Crippen LogP contribution in [0.4, 0.5) is 0 Å². The van der Waals surface area contributed by atoms with E-state index in [4.69, 9.17) is 16.3 Å². The van der Waals surface area contributed by atoms with Gasteiger partial charge in [-0.2, -0.15) is 0 Å². The van der Waals surface area contributed by atoms with E-state index in [0.717, 1.165) is 18.1 Å². The van der Waals surface area contributed by atoms with Gasteiger partial charge in [0.25, 0.3) is 0 Å². The Labute approximate surface area is 96.6 Å². The van der Waals surface area contributed by atoms with Gasteiger partial charge in [-0.25, -0.2) is 0 Å². The average molecular weight is 228 g/mol. The number of benzene rings is 1. The molecule has 0 fully saturated rings. The molecule has 0 radical (unpaired) electrons. The molecule has 0 spiro atoms. The summed E-state index contributed by atoms with van der Waals surface area (Å²) in [6, 6.07) is 7.85. The van der Waals surface area contributed by atoms with E-state index in [2.05, 4.69) is 19.2 Å². The van der Waals surface area contributed by atoms with E-state index < -0.39 is 0 Å². The van der Waals surface area contributed by atoms with Gasteiger partial charge in [0, 0.05) is 25.2 Å². The minimum atomic E-state index is -0.119. The van der Waals surface area contributed by atoms with Crippen molar-refractivity contribution >= 4 is 11.6 Å². The first-order valence-electron chi connectivity index (χ1n) is 5.04. The molecule has 3 heteroatoms. The standard InChI is InChI=1S/C12H18ClNO/c1-12(2,15-3)9-14-8-10-4-6-11(13)7-5-10/h4-7,14H,8-9H2,1-3H3. The summed E-state index contributed by atoms with van der Waals surface area (Å²) in [6.45, 7) is 5.78. The van der Waals surface area contributed by atoms with Crippen LogP contribution < -0.4 is 5.32 Å². The third kappa shape index (κ3) is 4.65. The molecule has 0 amide bonds. The highest BCUT2D eigenvalue weighted by Crippen LogP contribution is 2.10. The van der Waals surface area contributed by atoms with Crippen molar-refractivity contribution in [2.45, 2.75) is 26.0 Å². The van der Waals surface area contributed by atoms with E-state index in [1.165, 1.54) is 5.56 Å². The summed E-state index contributed by atoms with van der Waals surface area (Å²) < 4.78 is 5.31. The Morgan fingerprint density at radius 2 is 1.87 bits per heavy atom. The second-order valence-electron chi connectivity index (χ2n) is 4.19. The van der Waals surface area contributed by atoms with Gasteiger partial charge >= 0.3 is 0 Å². The predicted octanol–water partition coefficient (Wildman–Crippen LogP) is 2.85. The first kappa shape index (κ1) is 12.5. The summed E-state index contributed by atoms with van der Waals surface area (Å²) in [6.07, 6.45) is 0. The minimum Gasteiger partial charge on any atom is -0.377 e. The molecule has 0 aromatic heterocycles. The number of nitrogens with one attached hydrogen (secondary N) is 1. The molecule has 0 aliphatic heterocycles. The molecule has 15 heavy (non-hydrogen) atoms. The van der Waals surface area contributed by atoms with E-state index in [9.17, 15) is 0 Å². The van der Waals surface area contributed by atoms with Gasteiger partial charge in [0.2, 0.25) is 0 Å². The van der Waals surface area contributed by atoms with Crippen LogP contribution in [0.25, 0.3) is 0 Å². The van der Waals surface area contributed by atoms with Crippen LogP contribution in [0.5, 0.6) is 0 Å². The molecular formula is C12H18ClNO. The normalized spacial score (nSPS) is 11.7. The summed E-state index contributed by atoms with van der Waals surface area (Å²) >= 11 is 5.80. The Hall–Kier alpha value is -0.570. The topological polar surface area (TPSA) is 21.3 Å².